The second-order valence-corrected chi connectivity index (χ2v) is 2.40. The first-order valence-electron chi connectivity index (χ1n) is 3.37. The maximum absolute atomic E-state index is 10.5. The lowest BCUT2D eigenvalue weighted by Gasteiger charge is -2.05. The van der Waals surface area contributed by atoms with Crippen molar-refractivity contribution < 1.29 is 15.0 Å². The number of phenolic OH excluding ortho intramolecular Hbond substituents is 1. The zero-order chi connectivity index (χ0) is 9.14. The first-order valence-corrected chi connectivity index (χ1v) is 3.37. The number of aromatic hydroxyl groups is 1. The van der Waals surface area contributed by atoms with Crippen LogP contribution in [0.25, 0.3) is 0 Å². The Bertz CT molecular complexity index is 281. The van der Waals surface area contributed by atoms with E-state index < -0.39 is 12.0 Å². The van der Waals surface area contributed by atoms with E-state index >= 15 is 0 Å². The molecule has 0 spiro atoms. The van der Waals surface area contributed by atoms with Crippen LogP contribution in [0, 0.1) is 0 Å². The van der Waals surface area contributed by atoms with Crippen molar-refractivity contribution in [2.24, 2.45) is 5.73 Å². The molecule has 0 radical (unpaired) electrons. The van der Waals surface area contributed by atoms with Gasteiger partial charge in [-0.1, -0.05) is 12.1 Å². The molecule has 1 amide bonds. The molecule has 0 aliphatic carbocycles. The Morgan fingerprint density at radius 3 is 2.25 bits per heavy atom. The number of primary amides is 1. The van der Waals surface area contributed by atoms with Crippen molar-refractivity contribution >= 4 is 5.91 Å². The number of carbonyl (C=O) groups is 1. The molecule has 0 fully saturated rings. The third kappa shape index (κ3) is 1.73. The largest absolute Gasteiger partial charge is 0.508 e. The third-order valence-electron chi connectivity index (χ3n) is 1.48. The number of aliphatic hydroxyl groups excluding tert-OH is 1. The van der Waals surface area contributed by atoms with Gasteiger partial charge in [0.15, 0.2) is 6.10 Å². The lowest BCUT2D eigenvalue weighted by molar-refractivity contribution is -0.126. The number of rotatable bonds is 2. The van der Waals surface area contributed by atoms with E-state index in [0.717, 1.165) is 0 Å². The van der Waals surface area contributed by atoms with Gasteiger partial charge in [0.25, 0.3) is 5.91 Å². The van der Waals surface area contributed by atoms with Crippen LogP contribution in [0.3, 0.4) is 0 Å². The highest BCUT2D eigenvalue weighted by Crippen LogP contribution is 2.15. The first kappa shape index (κ1) is 8.55. The molecule has 64 valence electrons. The second-order valence-electron chi connectivity index (χ2n) is 2.40. The van der Waals surface area contributed by atoms with Crippen LogP contribution in [0.5, 0.6) is 5.75 Å². The number of amides is 1. The summed E-state index contributed by atoms with van der Waals surface area (Å²) in [5, 5.41) is 18.0. The molecule has 0 heterocycles. The number of phenols is 1. The average Bonchev–Trinajstić information content (AvgIpc) is 2.04. The highest BCUT2D eigenvalue weighted by atomic mass is 16.3. The summed E-state index contributed by atoms with van der Waals surface area (Å²) in [7, 11) is 0. The topological polar surface area (TPSA) is 83.6 Å². The zero-order valence-corrected chi connectivity index (χ0v) is 6.27. The Labute approximate surface area is 69.3 Å². The number of nitrogens with two attached hydrogens (primary N) is 1. The molecule has 0 aliphatic rings. The fraction of sp³-hybridized carbons (Fsp3) is 0.125. The van der Waals surface area contributed by atoms with E-state index in [1.165, 1.54) is 24.3 Å². The number of hydrogen-bond acceptors (Lipinski definition) is 3. The van der Waals surface area contributed by atoms with Crippen molar-refractivity contribution in [2.45, 2.75) is 6.10 Å². The zero-order valence-electron chi connectivity index (χ0n) is 6.27. The first-order chi connectivity index (χ1) is 5.61. The molecule has 0 aliphatic heterocycles. The van der Waals surface area contributed by atoms with Gasteiger partial charge in [0.05, 0.1) is 0 Å². The van der Waals surface area contributed by atoms with Gasteiger partial charge >= 0.3 is 0 Å². The SMILES string of the molecule is NC(=O)C(O)c1ccc(O)cc1. The number of carbonyl (C=O) groups excluding carboxylic acids is 1. The summed E-state index contributed by atoms with van der Waals surface area (Å²) in [5.74, 6) is -0.726. The molecule has 0 aromatic heterocycles. The Hall–Kier alpha value is -1.55. The quantitative estimate of drug-likeness (QED) is 0.575. The van der Waals surface area contributed by atoms with Gasteiger partial charge in [-0.3, -0.25) is 4.79 Å². The molecule has 0 bridgehead atoms. The molecule has 4 heteroatoms. The van der Waals surface area contributed by atoms with Crippen LogP contribution < -0.4 is 5.73 Å². The van der Waals surface area contributed by atoms with E-state index in [9.17, 15) is 4.79 Å². The van der Waals surface area contributed by atoms with Crippen molar-refractivity contribution in [3.05, 3.63) is 29.8 Å². The van der Waals surface area contributed by atoms with E-state index in [2.05, 4.69) is 0 Å². The van der Waals surface area contributed by atoms with E-state index in [1.807, 2.05) is 0 Å². The van der Waals surface area contributed by atoms with Gasteiger partial charge in [-0.15, -0.1) is 0 Å². The van der Waals surface area contributed by atoms with Crippen LogP contribution in [0.2, 0.25) is 0 Å². The van der Waals surface area contributed by atoms with Crippen molar-refractivity contribution in [1.82, 2.24) is 0 Å². The molecular weight excluding hydrogens is 158 g/mol. The summed E-state index contributed by atoms with van der Waals surface area (Å²) < 4.78 is 0. The number of aliphatic hydroxyl groups is 1. The maximum atomic E-state index is 10.5. The molecule has 1 atom stereocenters. The van der Waals surface area contributed by atoms with Crippen LogP contribution in [0.1, 0.15) is 11.7 Å². The van der Waals surface area contributed by atoms with Gasteiger partial charge in [0.2, 0.25) is 0 Å². The molecule has 0 saturated heterocycles. The maximum Gasteiger partial charge on any atom is 0.250 e. The highest BCUT2D eigenvalue weighted by molar-refractivity contribution is 5.80. The Balaban J connectivity index is 2.89. The normalized spacial score (nSPS) is 12.4. The summed E-state index contributed by atoms with van der Waals surface area (Å²) in [6.45, 7) is 0. The van der Waals surface area contributed by atoms with E-state index in [4.69, 9.17) is 15.9 Å². The van der Waals surface area contributed by atoms with E-state index in [0.29, 0.717) is 5.56 Å². The minimum absolute atomic E-state index is 0.0791. The molecule has 1 unspecified atom stereocenters. The number of hydrogen-bond donors (Lipinski definition) is 3. The minimum Gasteiger partial charge on any atom is -0.508 e. The van der Waals surface area contributed by atoms with Crippen LogP contribution >= 0.6 is 0 Å². The fourth-order valence-electron chi connectivity index (χ4n) is 0.821. The lowest BCUT2D eigenvalue weighted by Crippen LogP contribution is -2.20. The van der Waals surface area contributed by atoms with Gasteiger partial charge in [-0.2, -0.15) is 0 Å². The predicted octanol–water partition coefficient (Wildman–Crippen LogP) is -0.0891. The van der Waals surface area contributed by atoms with Crippen molar-refractivity contribution in [3.8, 4) is 5.75 Å². The van der Waals surface area contributed by atoms with Crippen molar-refractivity contribution in [2.75, 3.05) is 0 Å². The second kappa shape index (κ2) is 3.23. The Kier molecular flexibility index (Phi) is 2.30. The van der Waals surface area contributed by atoms with E-state index in [-0.39, 0.29) is 5.75 Å². The summed E-state index contributed by atoms with van der Waals surface area (Å²) in [6, 6.07) is 5.62. The summed E-state index contributed by atoms with van der Waals surface area (Å²) >= 11 is 0. The molecule has 4 nitrogen and oxygen atoms in total. The smallest absolute Gasteiger partial charge is 0.250 e. The van der Waals surface area contributed by atoms with Crippen LogP contribution in [-0.2, 0) is 4.79 Å². The molecule has 1 rings (SSSR count). The van der Waals surface area contributed by atoms with Gasteiger partial charge in [-0.05, 0) is 17.7 Å². The molecule has 12 heavy (non-hydrogen) atoms. The molecule has 1 aromatic carbocycles. The van der Waals surface area contributed by atoms with Crippen molar-refractivity contribution in [1.29, 1.82) is 0 Å². The Morgan fingerprint density at radius 2 is 1.83 bits per heavy atom. The summed E-state index contributed by atoms with van der Waals surface area (Å²) in [4.78, 5) is 10.5. The fourth-order valence-corrected chi connectivity index (χ4v) is 0.821. The van der Waals surface area contributed by atoms with Gasteiger partial charge < -0.3 is 15.9 Å². The standard InChI is InChI=1S/C8H9NO3/c9-8(12)7(11)5-1-3-6(10)4-2-5/h1-4,7,10-11H,(H2,9,12). The van der Waals surface area contributed by atoms with Crippen LogP contribution in [-0.4, -0.2) is 16.1 Å². The van der Waals surface area contributed by atoms with E-state index in [1.54, 1.807) is 0 Å². The number of benzene rings is 1. The van der Waals surface area contributed by atoms with Gasteiger partial charge in [0, 0.05) is 0 Å². The van der Waals surface area contributed by atoms with Crippen LogP contribution in [0.4, 0.5) is 0 Å². The van der Waals surface area contributed by atoms with Gasteiger partial charge in [0.1, 0.15) is 5.75 Å². The highest BCUT2D eigenvalue weighted by Gasteiger charge is 2.12. The minimum atomic E-state index is -1.30. The lowest BCUT2D eigenvalue weighted by atomic mass is 10.1. The van der Waals surface area contributed by atoms with Crippen molar-refractivity contribution in [3.63, 3.8) is 0 Å². The summed E-state index contributed by atoms with van der Waals surface area (Å²) in [5.41, 5.74) is 5.23. The van der Waals surface area contributed by atoms with Crippen LogP contribution in [0.15, 0.2) is 24.3 Å². The van der Waals surface area contributed by atoms with Gasteiger partial charge in [-0.25, -0.2) is 0 Å². The third-order valence-corrected chi connectivity index (χ3v) is 1.48. The average molecular weight is 167 g/mol. The predicted molar refractivity (Wildman–Crippen MR) is 42.3 cm³/mol. The molecular formula is C8H9NO3. The Morgan fingerprint density at radius 1 is 1.33 bits per heavy atom. The summed E-state index contributed by atoms with van der Waals surface area (Å²) in [6.07, 6.45) is -1.30. The molecule has 0 saturated carbocycles. The monoisotopic (exact) mass is 167 g/mol. The molecule has 4 N–H and O–H groups in total. The molecule has 1 aromatic rings.